The lowest BCUT2D eigenvalue weighted by molar-refractivity contribution is -0.119. The number of rotatable bonds is 6. The summed E-state index contributed by atoms with van der Waals surface area (Å²) < 4.78 is 0. The molecule has 2 rings (SSSR count). The van der Waals surface area contributed by atoms with Gasteiger partial charge in [0.2, 0.25) is 5.91 Å². The molecule has 0 spiro atoms. The highest BCUT2D eigenvalue weighted by Gasteiger charge is 2.16. The van der Waals surface area contributed by atoms with Gasteiger partial charge in [0.1, 0.15) is 0 Å². The molecule has 128 valence electrons. The summed E-state index contributed by atoms with van der Waals surface area (Å²) in [5.41, 5.74) is 1.60. The zero-order valence-electron chi connectivity index (χ0n) is 13.7. The summed E-state index contributed by atoms with van der Waals surface area (Å²) >= 11 is 12.1. The first-order valence-corrected chi connectivity index (χ1v) is 8.42. The second-order valence-electron chi connectivity index (χ2n) is 5.89. The minimum Gasteiger partial charge on any atom is -0.350 e. The SMILES string of the molecule is CC(=O)NC1C=CC(C(=O)CN(C)Cc2ccc(Cl)cc2Cl)=CC1. The first-order valence-electron chi connectivity index (χ1n) is 7.66. The molecule has 0 bridgehead atoms. The number of Topliss-reactive ketones (excluding diaryl/α,β-unsaturated/α-hetero) is 1. The molecular weight excluding hydrogens is 347 g/mol. The van der Waals surface area contributed by atoms with Crippen LogP contribution in [0.4, 0.5) is 0 Å². The van der Waals surface area contributed by atoms with Gasteiger partial charge < -0.3 is 5.32 Å². The Morgan fingerprint density at radius 3 is 2.67 bits per heavy atom. The molecule has 0 radical (unpaired) electrons. The fraction of sp³-hybridized carbons (Fsp3) is 0.333. The van der Waals surface area contributed by atoms with Crippen molar-refractivity contribution < 1.29 is 9.59 Å². The molecule has 1 N–H and O–H groups in total. The molecular formula is C18H20Cl2N2O2. The fourth-order valence-corrected chi connectivity index (χ4v) is 3.00. The van der Waals surface area contributed by atoms with Crippen LogP contribution in [-0.2, 0) is 16.1 Å². The van der Waals surface area contributed by atoms with Crippen LogP contribution < -0.4 is 5.32 Å². The monoisotopic (exact) mass is 366 g/mol. The van der Waals surface area contributed by atoms with Crippen molar-refractivity contribution in [3.05, 3.63) is 57.6 Å². The molecule has 1 aliphatic carbocycles. The quantitative estimate of drug-likeness (QED) is 0.839. The molecule has 0 aromatic heterocycles. The first-order chi connectivity index (χ1) is 11.3. The standard InChI is InChI=1S/C18H20Cl2N2O2/c1-12(23)21-16-7-4-13(5-8-16)18(24)11-22(2)10-14-3-6-15(19)9-17(14)20/h3-7,9,16H,8,10-11H2,1-2H3,(H,21,23). The van der Waals surface area contributed by atoms with Crippen molar-refractivity contribution >= 4 is 34.9 Å². The van der Waals surface area contributed by atoms with Gasteiger partial charge in [0.15, 0.2) is 5.78 Å². The summed E-state index contributed by atoms with van der Waals surface area (Å²) in [4.78, 5) is 25.3. The topological polar surface area (TPSA) is 49.4 Å². The molecule has 1 unspecified atom stereocenters. The lowest BCUT2D eigenvalue weighted by atomic mass is 9.99. The van der Waals surface area contributed by atoms with E-state index in [9.17, 15) is 9.59 Å². The van der Waals surface area contributed by atoms with Gasteiger partial charge in [-0.15, -0.1) is 0 Å². The summed E-state index contributed by atoms with van der Waals surface area (Å²) in [6.45, 7) is 2.34. The summed E-state index contributed by atoms with van der Waals surface area (Å²) in [5, 5.41) is 3.99. The molecule has 1 atom stereocenters. The molecule has 0 heterocycles. The zero-order valence-corrected chi connectivity index (χ0v) is 15.2. The van der Waals surface area contributed by atoms with Crippen LogP contribution in [0, 0.1) is 0 Å². The number of benzene rings is 1. The highest BCUT2D eigenvalue weighted by molar-refractivity contribution is 6.35. The molecule has 1 amide bonds. The first kappa shape index (κ1) is 18.7. The van der Waals surface area contributed by atoms with E-state index in [0.29, 0.717) is 35.1 Å². The number of ketones is 1. The van der Waals surface area contributed by atoms with E-state index in [0.717, 1.165) is 5.56 Å². The van der Waals surface area contributed by atoms with Crippen molar-refractivity contribution in [1.29, 1.82) is 0 Å². The average Bonchev–Trinajstić information content (AvgIpc) is 2.50. The number of carbonyl (C=O) groups excluding carboxylic acids is 2. The van der Waals surface area contributed by atoms with Crippen molar-refractivity contribution in [1.82, 2.24) is 10.2 Å². The van der Waals surface area contributed by atoms with Crippen LogP contribution in [0.15, 0.2) is 42.0 Å². The number of nitrogens with one attached hydrogen (secondary N) is 1. The van der Waals surface area contributed by atoms with Gasteiger partial charge >= 0.3 is 0 Å². The van der Waals surface area contributed by atoms with E-state index in [1.807, 2.05) is 30.2 Å². The van der Waals surface area contributed by atoms with Gasteiger partial charge in [0.25, 0.3) is 0 Å². The van der Waals surface area contributed by atoms with E-state index < -0.39 is 0 Å². The summed E-state index contributed by atoms with van der Waals surface area (Å²) in [6, 6.07) is 5.31. The molecule has 0 saturated heterocycles. The molecule has 0 aliphatic heterocycles. The number of carbonyl (C=O) groups is 2. The largest absolute Gasteiger partial charge is 0.350 e. The Morgan fingerprint density at radius 2 is 2.08 bits per heavy atom. The van der Waals surface area contributed by atoms with Gasteiger partial charge in [0, 0.05) is 29.1 Å². The minimum absolute atomic E-state index is 0.0374. The Kier molecular flexibility index (Phi) is 6.60. The van der Waals surface area contributed by atoms with Crippen LogP contribution >= 0.6 is 23.2 Å². The third kappa shape index (κ3) is 5.48. The van der Waals surface area contributed by atoms with E-state index in [2.05, 4.69) is 5.32 Å². The van der Waals surface area contributed by atoms with E-state index in [1.54, 1.807) is 18.2 Å². The lowest BCUT2D eigenvalue weighted by Gasteiger charge is -2.19. The maximum absolute atomic E-state index is 12.4. The molecule has 1 aromatic rings. The van der Waals surface area contributed by atoms with Gasteiger partial charge in [-0.25, -0.2) is 0 Å². The van der Waals surface area contributed by atoms with E-state index in [-0.39, 0.29) is 17.7 Å². The maximum atomic E-state index is 12.4. The van der Waals surface area contributed by atoms with Crippen LogP contribution in [-0.4, -0.2) is 36.2 Å². The number of hydrogen-bond donors (Lipinski definition) is 1. The maximum Gasteiger partial charge on any atom is 0.217 e. The predicted octanol–water partition coefficient (Wildman–Crippen LogP) is 3.39. The second kappa shape index (κ2) is 8.47. The number of amides is 1. The zero-order chi connectivity index (χ0) is 17.7. The Labute approximate surface area is 152 Å². The van der Waals surface area contributed by atoms with E-state index in [1.165, 1.54) is 6.92 Å². The smallest absolute Gasteiger partial charge is 0.217 e. The molecule has 24 heavy (non-hydrogen) atoms. The molecule has 1 aromatic carbocycles. The number of allylic oxidation sites excluding steroid dienone is 1. The van der Waals surface area contributed by atoms with Gasteiger partial charge in [-0.05, 0) is 31.2 Å². The van der Waals surface area contributed by atoms with E-state index >= 15 is 0 Å². The summed E-state index contributed by atoms with van der Waals surface area (Å²) in [5.74, 6) is -0.0347. The van der Waals surface area contributed by atoms with Crippen molar-refractivity contribution in [3.8, 4) is 0 Å². The fourth-order valence-electron chi connectivity index (χ4n) is 2.53. The van der Waals surface area contributed by atoms with Crippen LogP contribution in [0.5, 0.6) is 0 Å². The summed E-state index contributed by atoms with van der Waals surface area (Å²) in [6.07, 6.45) is 6.12. The molecule has 6 heteroatoms. The molecule has 4 nitrogen and oxygen atoms in total. The van der Waals surface area contributed by atoms with E-state index in [4.69, 9.17) is 23.2 Å². The van der Waals surface area contributed by atoms with Crippen LogP contribution in [0.1, 0.15) is 18.9 Å². The summed E-state index contributed by atoms with van der Waals surface area (Å²) in [7, 11) is 1.87. The van der Waals surface area contributed by atoms with Crippen LogP contribution in [0.25, 0.3) is 0 Å². The third-order valence-electron chi connectivity index (χ3n) is 3.68. The second-order valence-corrected chi connectivity index (χ2v) is 6.74. The minimum atomic E-state index is -0.0765. The predicted molar refractivity (Wildman–Crippen MR) is 97.2 cm³/mol. The number of halogens is 2. The lowest BCUT2D eigenvalue weighted by Crippen LogP contribution is -2.33. The normalized spacial score (nSPS) is 16.9. The van der Waals surface area contributed by atoms with Crippen LogP contribution in [0.2, 0.25) is 10.0 Å². The van der Waals surface area contributed by atoms with Gasteiger partial charge in [0.05, 0.1) is 12.6 Å². The van der Waals surface area contributed by atoms with Crippen molar-refractivity contribution in [2.75, 3.05) is 13.6 Å². The highest BCUT2D eigenvalue weighted by Crippen LogP contribution is 2.22. The van der Waals surface area contributed by atoms with Gasteiger partial charge in [-0.2, -0.15) is 0 Å². The van der Waals surface area contributed by atoms with Crippen molar-refractivity contribution in [2.45, 2.75) is 25.9 Å². The highest BCUT2D eigenvalue weighted by atomic mass is 35.5. The Morgan fingerprint density at radius 1 is 1.33 bits per heavy atom. The van der Waals surface area contributed by atoms with Gasteiger partial charge in [-0.1, -0.05) is 47.5 Å². The Hall–Kier alpha value is -1.62. The molecule has 0 fully saturated rings. The van der Waals surface area contributed by atoms with Gasteiger partial charge in [-0.3, -0.25) is 14.5 Å². The number of nitrogens with zero attached hydrogens (tertiary/aromatic N) is 1. The molecule has 0 saturated carbocycles. The average molecular weight is 367 g/mol. The third-order valence-corrected chi connectivity index (χ3v) is 4.27. The van der Waals surface area contributed by atoms with Crippen molar-refractivity contribution in [3.63, 3.8) is 0 Å². The van der Waals surface area contributed by atoms with Crippen LogP contribution in [0.3, 0.4) is 0 Å². The number of hydrogen-bond acceptors (Lipinski definition) is 3. The van der Waals surface area contributed by atoms with Crippen molar-refractivity contribution in [2.24, 2.45) is 0 Å². The Bertz CT molecular complexity index is 698. The number of likely N-dealkylation sites (N-methyl/N-ethyl adjacent to an activating group) is 1. The molecule has 1 aliphatic rings. The Balaban J connectivity index is 1.89.